The molecule has 1 aromatic rings. The Labute approximate surface area is 112 Å². The third-order valence-corrected chi connectivity index (χ3v) is 3.91. The maximum Gasteiger partial charge on any atom is 0.125 e. The summed E-state index contributed by atoms with van der Waals surface area (Å²) in [5.74, 6) is 1.66. The molecule has 1 aromatic carbocycles. The highest BCUT2D eigenvalue weighted by Crippen LogP contribution is 2.30. The van der Waals surface area contributed by atoms with Crippen molar-refractivity contribution in [3.8, 4) is 5.75 Å². The molecule has 1 aliphatic carbocycles. The van der Waals surface area contributed by atoms with Gasteiger partial charge in [-0.3, -0.25) is 0 Å². The average Bonchev–Trinajstić information content (AvgIpc) is 2.78. The lowest BCUT2D eigenvalue weighted by Crippen LogP contribution is -2.12. The van der Waals surface area contributed by atoms with Crippen LogP contribution < -0.4 is 10.5 Å². The monoisotopic (exact) mass is 297 g/mol. The second-order valence-corrected chi connectivity index (χ2v) is 5.85. The summed E-state index contributed by atoms with van der Waals surface area (Å²) in [5.41, 5.74) is 7.04. The molecule has 3 heteroatoms. The smallest absolute Gasteiger partial charge is 0.125 e. The number of benzene rings is 1. The van der Waals surface area contributed by atoms with Crippen LogP contribution in [0, 0.1) is 5.92 Å². The van der Waals surface area contributed by atoms with Crippen LogP contribution in [0.25, 0.3) is 0 Å². The van der Waals surface area contributed by atoms with Crippen LogP contribution in [0.5, 0.6) is 5.75 Å². The molecule has 1 fully saturated rings. The lowest BCUT2D eigenvalue weighted by molar-refractivity contribution is 0.249. The van der Waals surface area contributed by atoms with E-state index in [4.69, 9.17) is 10.5 Å². The number of hydrogen-bond acceptors (Lipinski definition) is 2. The zero-order chi connectivity index (χ0) is 12.3. The van der Waals surface area contributed by atoms with Crippen LogP contribution in [-0.2, 0) is 0 Å². The maximum atomic E-state index is 5.95. The second kappa shape index (κ2) is 5.87. The Morgan fingerprint density at radius 2 is 2.12 bits per heavy atom. The van der Waals surface area contributed by atoms with Gasteiger partial charge in [0.15, 0.2) is 0 Å². The lowest BCUT2D eigenvalue weighted by Gasteiger charge is -2.16. The van der Waals surface area contributed by atoms with Gasteiger partial charge in [-0.15, -0.1) is 0 Å². The van der Waals surface area contributed by atoms with Crippen LogP contribution in [0.4, 0.5) is 0 Å². The minimum atomic E-state index is 0.0154. The number of ether oxygens (including phenoxy) is 1. The third kappa shape index (κ3) is 3.46. The van der Waals surface area contributed by atoms with Gasteiger partial charge < -0.3 is 10.5 Å². The van der Waals surface area contributed by atoms with Crippen molar-refractivity contribution < 1.29 is 4.74 Å². The predicted octanol–water partition coefficient (Wildman–Crippen LogP) is 4.04. The van der Waals surface area contributed by atoms with Gasteiger partial charge in [-0.25, -0.2) is 0 Å². The summed E-state index contributed by atoms with van der Waals surface area (Å²) in [5, 5.41) is 0. The molecule has 2 N–H and O–H groups in total. The highest BCUT2D eigenvalue weighted by atomic mass is 79.9. The Hall–Kier alpha value is -0.540. The maximum absolute atomic E-state index is 5.95. The van der Waals surface area contributed by atoms with Crippen LogP contribution >= 0.6 is 15.9 Å². The Kier molecular flexibility index (Phi) is 4.46. The van der Waals surface area contributed by atoms with E-state index in [9.17, 15) is 0 Å². The summed E-state index contributed by atoms with van der Waals surface area (Å²) in [6, 6.07) is 6.09. The lowest BCUT2D eigenvalue weighted by atomic mass is 10.1. The van der Waals surface area contributed by atoms with Crippen LogP contribution in [0.2, 0.25) is 0 Å². The minimum absolute atomic E-state index is 0.0154. The molecule has 0 saturated heterocycles. The summed E-state index contributed by atoms with van der Waals surface area (Å²) in [6.07, 6.45) is 5.32. The molecule has 0 bridgehead atoms. The fourth-order valence-corrected chi connectivity index (χ4v) is 2.73. The summed E-state index contributed by atoms with van der Waals surface area (Å²) in [4.78, 5) is 0. The quantitative estimate of drug-likeness (QED) is 0.910. The number of hydrogen-bond donors (Lipinski definition) is 1. The summed E-state index contributed by atoms with van der Waals surface area (Å²) >= 11 is 3.48. The zero-order valence-corrected chi connectivity index (χ0v) is 11.9. The average molecular weight is 298 g/mol. The van der Waals surface area contributed by atoms with E-state index in [2.05, 4.69) is 15.9 Å². The molecule has 94 valence electrons. The first kappa shape index (κ1) is 12.9. The van der Waals surface area contributed by atoms with Crippen molar-refractivity contribution in [2.45, 2.75) is 38.6 Å². The van der Waals surface area contributed by atoms with Crippen molar-refractivity contribution in [2.24, 2.45) is 11.7 Å². The SMILES string of the molecule is C[C@@H](N)c1ccc(Br)cc1OCC1CCCC1. The van der Waals surface area contributed by atoms with E-state index in [0.29, 0.717) is 0 Å². The molecule has 2 rings (SSSR count). The van der Waals surface area contributed by atoms with Gasteiger partial charge in [0.2, 0.25) is 0 Å². The van der Waals surface area contributed by atoms with Gasteiger partial charge in [0.25, 0.3) is 0 Å². The highest BCUT2D eigenvalue weighted by molar-refractivity contribution is 9.10. The normalized spacial score (nSPS) is 18.3. The molecule has 0 unspecified atom stereocenters. The van der Waals surface area contributed by atoms with E-state index in [1.165, 1.54) is 25.7 Å². The van der Waals surface area contributed by atoms with E-state index >= 15 is 0 Å². The molecular weight excluding hydrogens is 278 g/mol. The topological polar surface area (TPSA) is 35.2 Å². The molecule has 1 saturated carbocycles. The number of halogens is 1. The van der Waals surface area contributed by atoms with Gasteiger partial charge in [-0.2, -0.15) is 0 Å². The van der Waals surface area contributed by atoms with E-state index in [0.717, 1.165) is 28.3 Å². The molecule has 1 aliphatic rings. The molecule has 0 heterocycles. The largest absolute Gasteiger partial charge is 0.493 e. The molecule has 0 radical (unpaired) electrons. The van der Waals surface area contributed by atoms with Gasteiger partial charge >= 0.3 is 0 Å². The van der Waals surface area contributed by atoms with Crippen LogP contribution in [0.15, 0.2) is 22.7 Å². The molecule has 0 spiro atoms. The Balaban J connectivity index is 2.04. The van der Waals surface area contributed by atoms with Crippen molar-refractivity contribution in [1.29, 1.82) is 0 Å². The predicted molar refractivity (Wildman–Crippen MR) is 74.2 cm³/mol. The van der Waals surface area contributed by atoms with E-state index in [-0.39, 0.29) is 6.04 Å². The van der Waals surface area contributed by atoms with Crippen LogP contribution in [0.1, 0.15) is 44.2 Å². The van der Waals surface area contributed by atoms with Gasteiger partial charge in [-0.05, 0) is 37.8 Å². The zero-order valence-electron chi connectivity index (χ0n) is 10.3. The fraction of sp³-hybridized carbons (Fsp3) is 0.571. The first-order valence-electron chi connectivity index (χ1n) is 6.34. The van der Waals surface area contributed by atoms with E-state index < -0.39 is 0 Å². The molecule has 1 atom stereocenters. The molecule has 2 nitrogen and oxygen atoms in total. The van der Waals surface area contributed by atoms with Gasteiger partial charge in [-0.1, -0.05) is 34.8 Å². The Morgan fingerprint density at radius 3 is 2.76 bits per heavy atom. The summed E-state index contributed by atoms with van der Waals surface area (Å²) < 4.78 is 7.00. The summed E-state index contributed by atoms with van der Waals surface area (Å²) in [7, 11) is 0. The molecule has 0 amide bonds. The van der Waals surface area contributed by atoms with Gasteiger partial charge in [0, 0.05) is 16.1 Å². The molecule has 0 aromatic heterocycles. The first-order chi connectivity index (χ1) is 8.16. The van der Waals surface area contributed by atoms with Crippen molar-refractivity contribution in [3.05, 3.63) is 28.2 Å². The van der Waals surface area contributed by atoms with Crippen molar-refractivity contribution in [3.63, 3.8) is 0 Å². The summed E-state index contributed by atoms with van der Waals surface area (Å²) in [6.45, 7) is 2.82. The van der Waals surface area contributed by atoms with Crippen molar-refractivity contribution >= 4 is 15.9 Å². The van der Waals surface area contributed by atoms with Gasteiger partial charge in [0.1, 0.15) is 5.75 Å². The number of rotatable bonds is 4. The second-order valence-electron chi connectivity index (χ2n) is 4.93. The highest BCUT2D eigenvalue weighted by Gasteiger charge is 2.17. The Morgan fingerprint density at radius 1 is 1.41 bits per heavy atom. The van der Waals surface area contributed by atoms with Crippen LogP contribution in [0.3, 0.4) is 0 Å². The standard InChI is InChI=1S/C14H20BrNO/c1-10(16)13-7-6-12(15)8-14(13)17-9-11-4-2-3-5-11/h6-8,10-11H,2-5,9,16H2,1H3/t10-/m1/s1. The molecule has 17 heavy (non-hydrogen) atoms. The first-order valence-corrected chi connectivity index (χ1v) is 7.14. The minimum Gasteiger partial charge on any atom is -0.493 e. The Bertz CT molecular complexity index is 372. The van der Waals surface area contributed by atoms with Crippen molar-refractivity contribution in [1.82, 2.24) is 0 Å². The van der Waals surface area contributed by atoms with Crippen LogP contribution in [-0.4, -0.2) is 6.61 Å². The van der Waals surface area contributed by atoms with E-state index in [1.54, 1.807) is 0 Å². The molecule has 0 aliphatic heterocycles. The third-order valence-electron chi connectivity index (χ3n) is 3.42. The number of nitrogens with two attached hydrogens (primary N) is 1. The molecular formula is C14H20BrNO. The van der Waals surface area contributed by atoms with Crippen molar-refractivity contribution in [2.75, 3.05) is 6.61 Å². The fourth-order valence-electron chi connectivity index (χ4n) is 2.39. The van der Waals surface area contributed by atoms with Gasteiger partial charge in [0.05, 0.1) is 6.61 Å². The van der Waals surface area contributed by atoms with E-state index in [1.807, 2.05) is 25.1 Å².